The number of aryl methyl sites for hydroxylation is 1. The molecule has 0 bridgehead atoms. The van der Waals surface area contributed by atoms with Crippen LogP contribution in [0.2, 0.25) is 0 Å². The predicted molar refractivity (Wildman–Crippen MR) is 101 cm³/mol. The van der Waals surface area contributed by atoms with Gasteiger partial charge in [0.15, 0.2) is 0 Å². The number of methoxy groups -OCH3 is 1. The number of rotatable bonds is 6. The molecule has 7 nitrogen and oxygen atoms in total. The molecule has 7 heteroatoms. The van der Waals surface area contributed by atoms with Gasteiger partial charge in [-0.25, -0.2) is 9.97 Å². The maximum absolute atomic E-state index is 12.9. The van der Waals surface area contributed by atoms with E-state index in [9.17, 15) is 4.79 Å². The molecule has 2 fully saturated rings. The van der Waals surface area contributed by atoms with E-state index in [0.29, 0.717) is 25.5 Å². The van der Waals surface area contributed by atoms with E-state index in [2.05, 4.69) is 20.2 Å². The second-order valence-corrected chi connectivity index (χ2v) is 7.66. The third-order valence-electron chi connectivity index (χ3n) is 5.71. The van der Waals surface area contributed by atoms with Crippen LogP contribution < -0.4 is 16.0 Å². The summed E-state index contributed by atoms with van der Waals surface area (Å²) in [7, 11) is 1.64. The average molecular weight is 361 g/mol. The Labute approximate surface area is 155 Å². The van der Waals surface area contributed by atoms with Crippen LogP contribution in [0.1, 0.15) is 50.0 Å². The number of carbonyl (C=O) groups is 1. The summed E-state index contributed by atoms with van der Waals surface area (Å²) in [5, 5.41) is 3.02. The highest BCUT2D eigenvalue weighted by Crippen LogP contribution is 2.47. The molecule has 0 radical (unpaired) electrons. The van der Waals surface area contributed by atoms with Crippen LogP contribution in [0.3, 0.4) is 0 Å². The smallest absolute Gasteiger partial charge is 0.242 e. The van der Waals surface area contributed by atoms with Crippen LogP contribution in [-0.4, -0.2) is 48.7 Å². The van der Waals surface area contributed by atoms with Gasteiger partial charge in [0.05, 0.1) is 12.3 Å². The van der Waals surface area contributed by atoms with Gasteiger partial charge in [0, 0.05) is 32.8 Å². The zero-order valence-corrected chi connectivity index (χ0v) is 16.0. The number of anilines is 1. The molecule has 0 aromatic carbocycles. The second kappa shape index (κ2) is 8.31. The summed E-state index contributed by atoms with van der Waals surface area (Å²) in [5.74, 6) is 1.59. The Morgan fingerprint density at radius 1 is 1.38 bits per heavy atom. The summed E-state index contributed by atoms with van der Waals surface area (Å²) in [6, 6.07) is 1.74. The van der Waals surface area contributed by atoms with Crippen molar-refractivity contribution in [3.8, 4) is 0 Å². The summed E-state index contributed by atoms with van der Waals surface area (Å²) >= 11 is 0. The minimum absolute atomic E-state index is 0.0649. The molecule has 1 unspecified atom stereocenters. The molecule has 26 heavy (non-hydrogen) atoms. The predicted octanol–water partition coefficient (Wildman–Crippen LogP) is 1.54. The number of hydrogen-bond acceptors (Lipinski definition) is 6. The molecule has 1 amide bonds. The van der Waals surface area contributed by atoms with Crippen molar-refractivity contribution in [2.45, 2.75) is 58.0 Å². The minimum atomic E-state index is -0.190. The lowest BCUT2D eigenvalue weighted by atomic mass is 9.72. The monoisotopic (exact) mass is 361 g/mol. The summed E-state index contributed by atoms with van der Waals surface area (Å²) in [6.45, 7) is 4.19. The highest BCUT2D eigenvalue weighted by Gasteiger charge is 2.47. The van der Waals surface area contributed by atoms with Gasteiger partial charge < -0.3 is 20.7 Å². The molecule has 1 aromatic rings. The van der Waals surface area contributed by atoms with Crippen LogP contribution in [0.25, 0.3) is 0 Å². The quantitative estimate of drug-likeness (QED) is 0.747. The standard InChI is InChI=1S/C19H31N5O2/c1-14-22-15(12-20)10-17(23-14)24-13-19(6-4-3-5-7-19)11-16(24)18(25)21-8-9-26-2/h10,16H,3-9,11-13,20H2,1-2H3,(H,21,25). The Kier molecular flexibility index (Phi) is 6.09. The van der Waals surface area contributed by atoms with Gasteiger partial charge in [-0.15, -0.1) is 0 Å². The number of nitrogens with one attached hydrogen (secondary N) is 1. The van der Waals surface area contributed by atoms with Gasteiger partial charge in [-0.3, -0.25) is 4.79 Å². The van der Waals surface area contributed by atoms with Crippen molar-refractivity contribution in [3.05, 3.63) is 17.6 Å². The van der Waals surface area contributed by atoms with Crippen LogP contribution in [0.15, 0.2) is 6.07 Å². The van der Waals surface area contributed by atoms with E-state index in [1.807, 2.05) is 13.0 Å². The average Bonchev–Trinajstić information content (AvgIpc) is 3.01. The van der Waals surface area contributed by atoms with Crippen molar-refractivity contribution in [2.75, 3.05) is 31.7 Å². The fraction of sp³-hybridized carbons (Fsp3) is 0.737. The lowest BCUT2D eigenvalue weighted by Gasteiger charge is -2.33. The maximum Gasteiger partial charge on any atom is 0.242 e. The molecule has 1 saturated carbocycles. The van der Waals surface area contributed by atoms with Gasteiger partial charge in [0.1, 0.15) is 17.7 Å². The second-order valence-electron chi connectivity index (χ2n) is 7.66. The van der Waals surface area contributed by atoms with E-state index in [0.717, 1.165) is 24.5 Å². The molecule has 1 saturated heterocycles. The molecule has 3 rings (SSSR count). The minimum Gasteiger partial charge on any atom is -0.383 e. The molecule has 1 aromatic heterocycles. The number of nitrogens with zero attached hydrogens (tertiary/aromatic N) is 3. The molecule has 1 aliphatic carbocycles. The lowest BCUT2D eigenvalue weighted by Crippen LogP contribution is -2.44. The Hall–Kier alpha value is -1.73. The van der Waals surface area contributed by atoms with Crippen molar-refractivity contribution in [1.82, 2.24) is 15.3 Å². The van der Waals surface area contributed by atoms with Crippen LogP contribution in [0, 0.1) is 12.3 Å². The van der Waals surface area contributed by atoms with Crippen LogP contribution in [0.5, 0.6) is 0 Å². The van der Waals surface area contributed by atoms with E-state index in [-0.39, 0.29) is 17.4 Å². The van der Waals surface area contributed by atoms with Gasteiger partial charge in [-0.1, -0.05) is 19.3 Å². The first-order chi connectivity index (χ1) is 12.6. The topological polar surface area (TPSA) is 93.4 Å². The Morgan fingerprint density at radius 3 is 2.85 bits per heavy atom. The van der Waals surface area contributed by atoms with E-state index in [1.165, 1.54) is 32.1 Å². The Balaban J connectivity index is 1.85. The summed E-state index contributed by atoms with van der Waals surface area (Å²) in [6.07, 6.45) is 7.09. The largest absolute Gasteiger partial charge is 0.383 e. The highest BCUT2D eigenvalue weighted by molar-refractivity contribution is 5.85. The molecular formula is C19H31N5O2. The molecule has 1 atom stereocenters. The van der Waals surface area contributed by atoms with Crippen molar-refractivity contribution in [3.63, 3.8) is 0 Å². The lowest BCUT2D eigenvalue weighted by molar-refractivity contribution is -0.122. The van der Waals surface area contributed by atoms with Crippen LogP contribution >= 0.6 is 0 Å². The first-order valence-electron chi connectivity index (χ1n) is 9.65. The van der Waals surface area contributed by atoms with Crippen molar-refractivity contribution >= 4 is 11.7 Å². The SMILES string of the molecule is COCCNC(=O)C1CC2(CCCCC2)CN1c1cc(CN)nc(C)n1. The van der Waals surface area contributed by atoms with Gasteiger partial charge >= 0.3 is 0 Å². The van der Waals surface area contributed by atoms with Crippen LogP contribution in [-0.2, 0) is 16.1 Å². The number of ether oxygens (including phenoxy) is 1. The molecule has 1 spiro atoms. The summed E-state index contributed by atoms with van der Waals surface area (Å²) in [4.78, 5) is 24.1. The highest BCUT2D eigenvalue weighted by atomic mass is 16.5. The molecule has 2 aliphatic rings. The van der Waals surface area contributed by atoms with Gasteiger partial charge in [-0.2, -0.15) is 0 Å². The maximum atomic E-state index is 12.9. The molecule has 3 N–H and O–H groups in total. The van der Waals surface area contributed by atoms with Crippen molar-refractivity contribution in [1.29, 1.82) is 0 Å². The number of carbonyl (C=O) groups excluding carboxylic acids is 1. The van der Waals surface area contributed by atoms with E-state index in [4.69, 9.17) is 10.5 Å². The zero-order chi connectivity index (χ0) is 18.6. The first kappa shape index (κ1) is 19.0. The van der Waals surface area contributed by atoms with Gasteiger partial charge in [0.25, 0.3) is 0 Å². The summed E-state index contributed by atoms with van der Waals surface area (Å²) < 4.78 is 5.06. The molecule has 2 heterocycles. The van der Waals surface area contributed by atoms with Crippen molar-refractivity contribution in [2.24, 2.45) is 11.1 Å². The molecular weight excluding hydrogens is 330 g/mol. The van der Waals surface area contributed by atoms with Gasteiger partial charge in [0.2, 0.25) is 5.91 Å². The van der Waals surface area contributed by atoms with Gasteiger partial charge in [-0.05, 0) is 31.6 Å². The third kappa shape index (κ3) is 4.15. The third-order valence-corrected chi connectivity index (χ3v) is 5.71. The molecule has 1 aliphatic heterocycles. The first-order valence-corrected chi connectivity index (χ1v) is 9.65. The van der Waals surface area contributed by atoms with E-state index in [1.54, 1.807) is 7.11 Å². The van der Waals surface area contributed by atoms with Crippen molar-refractivity contribution < 1.29 is 9.53 Å². The fourth-order valence-electron chi connectivity index (χ4n) is 4.45. The normalized spacial score (nSPS) is 22.0. The summed E-state index contributed by atoms with van der Waals surface area (Å²) in [5.41, 5.74) is 6.84. The zero-order valence-electron chi connectivity index (χ0n) is 16.0. The Morgan fingerprint density at radius 2 is 2.15 bits per heavy atom. The number of amides is 1. The van der Waals surface area contributed by atoms with Crippen LogP contribution in [0.4, 0.5) is 5.82 Å². The fourth-order valence-corrected chi connectivity index (χ4v) is 4.45. The Bertz CT molecular complexity index is 630. The van der Waals surface area contributed by atoms with E-state index >= 15 is 0 Å². The van der Waals surface area contributed by atoms with E-state index < -0.39 is 0 Å². The number of nitrogens with two attached hydrogens (primary N) is 1. The molecule has 144 valence electrons. The number of aromatic nitrogens is 2. The number of hydrogen-bond donors (Lipinski definition) is 2.